The van der Waals surface area contributed by atoms with Gasteiger partial charge in [-0.2, -0.15) is 0 Å². The lowest BCUT2D eigenvalue weighted by molar-refractivity contribution is 0.557. The normalized spacial score (nSPS) is 18.7. The van der Waals surface area contributed by atoms with E-state index in [9.17, 15) is 8.42 Å². The molecule has 3 N–H and O–H groups in total. The van der Waals surface area contributed by atoms with Crippen LogP contribution in [0.25, 0.3) is 0 Å². The van der Waals surface area contributed by atoms with E-state index in [0.717, 1.165) is 12.8 Å². The summed E-state index contributed by atoms with van der Waals surface area (Å²) in [6.07, 6.45) is 4.14. The SMILES string of the molecule is CC1(NS(=O)(=O)c2cnc(N)nc2)CC1. The van der Waals surface area contributed by atoms with Crippen molar-refractivity contribution in [2.75, 3.05) is 5.73 Å². The highest BCUT2D eigenvalue weighted by atomic mass is 32.2. The van der Waals surface area contributed by atoms with Gasteiger partial charge in [0, 0.05) is 5.54 Å². The van der Waals surface area contributed by atoms with Gasteiger partial charge in [0.1, 0.15) is 4.90 Å². The molecule has 6 nitrogen and oxygen atoms in total. The summed E-state index contributed by atoms with van der Waals surface area (Å²) >= 11 is 0. The van der Waals surface area contributed by atoms with Crippen LogP contribution in [0.1, 0.15) is 19.8 Å². The van der Waals surface area contributed by atoms with Gasteiger partial charge in [-0.15, -0.1) is 0 Å². The second-order valence-electron chi connectivity index (χ2n) is 3.94. The summed E-state index contributed by atoms with van der Waals surface area (Å²) in [5, 5.41) is 0. The Kier molecular flexibility index (Phi) is 2.16. The fourth-order valence-corrected chi connectivity index (χ4v) is 2.49. The average Bonchev–Trinajstić information content (AvgIpc) is 2.82. The molecular formula is C8H12N4O2S. The van der Waals surface area contributed by atoms with E-state index < -0.39 is 10.0 Å². The molecule has 2 rings (SSSR count). The van der Waals surface area contributed by atoms with Crippen LogP contribution in [-0.2, 0) is 10.0 Å². The lowest BCUT2D eigenvalue weighted by atomic mass is 10.4. The van der Waals surface area contributed by atoms with Gasteiger partial charge in [-0.3, -0.25) is 0 Å². The van der Waals surface area contributed by atoms with Crippen molar-refractivity contribution < 1.29 is 8.42 Å². The quantitative estimate of drug-likeness (QED) is 0.752. The molecule has 1 aliphatic rings. The molecule has 1 heterocycles. The van der Waals surface area contributed by atoms with Gasteiger partial charge in [0.15, 0.2) is 0 Å². The lowest BCUT2D eigenvalue weighted by Crippen LogP contribution is -2.34. The topological polar surface area (TPSA) is 98.0 Å². The first-order chi connectivity index (χ1) is 6.91. The highest BCUT2D eigenvalue weighted by Crippen LogP contribution is 2.35. The van der Waals surface area contributed by atoms with Crippen LogP contribution in [0.2, 0.25) is 0 Å². The van der Waals surface area contributed by atoms with E-state index in [2.05, 4.69) is 14.7 Å². The molecule has 0 aromatic carbocycles. The zero-order chi connectivity index (χ0) is 11.1. The second kappa shape index (κ2) is 3.14. The van der Waals surface area contributed by atoms with Crippen LogP contribution in [-0.4, -0.2) is 23.9 Å². The van der Waals surface area contributed by atoms with Crippen LogP contribution in [0.4, 0.5) is 5.95 Å². The lowest BCUT2D eigenvalue weighted by Gasteiger charge is -2.11. The second-order valence-corrected chi connectivity index (χ2v) is 5.63. The third-order valence-electron chi connectivity index (χ3n) is 2.34. The van der Waals surface area contributed by atoms with Crippen molar-refractivity contribution >= 4 is 16.0 Å². The molecule has 1 aliphatic carbocycles. The number of nitrogens with one attached hydrogen (secondary N) is 1. The summed E-state index contributed by atoms with van der Waals surface area (Å²) in [5.74, 6) is 0.0617. The Morgan fingerprint density at radius 1 is 1.40 bits per heavy atom. The number of rotatable bonds is 3. The third kappa shape index (κ3) is 2.24. The van der Waals surface area contributed by atoms with Gasteiger partial charge in [0.2, 0.25) is 16.0 Å². The molecule has 0 spiro atoms. The molecule has 1 aromatic heterocycles. The number of nitrogens with zero attached hydrogens (tertiary/aromatic N) is 2. The molecule has 7 heteroatoms. The zero-order valence-corrected chi connectivity index (χ0v) is 9.08. The van der Waals surface area contributed by atoms with Crippen molar-refractivity contribution in [2.24, 2.45) is 0 Å². The maximum atomic E-state index is 11.8. The molecule has 0 unspecified atom stereocenters. The number of anilines is 1. The first-order valence-electron chi connectivity index (χ1n) is 4.53. The van der Waals surface area contributed by atoms with Crippen molar-refractivity contribution in [1.29, 1.82) is 0 Å². The third-order valence-corrected chi connectivity index (χ3v) is 3.93. The molecule has 82 valence electrons. The molecule has 0 bridgehead atoms. The Balaban J connectivity index is 2.25. The summed E-state index contributed by atoms with van der Waals surface area (Å²) in [7, 11) is -3.50. The highest BCUT2D eigenvalue weighted by Gasteiger charge is 2.41. The molecule has 0 saturated heterocycles. The molecule has 0 aliphatic heterocycles. The molecule has 0 amide bonds. The highest BCUT2D eigenvalue weighted by molar-refractivity contribution is 7.89. The fourth-order valence-electron chi connectivity index (χ4n) is 1.14. The number of sulfonamides is 1. The standard InChI is InChI=1S/C8H12N4O2S/c1-8(2-3-8)12-15(13,14)6-4-10-7(9)11-5-6/h4-5,12H,2-3H2,1H3,(H2,9,10,11). The van der Waals surface area contributed by atoms with Crippen molar-refractivity contribution in [3.05, 3.63) is 12.4 Å². The van der Waals surface area contributed by atoms with Crippen molar-refractivity contribution in [2.45, 2.75) is 30.2 Å². The maximum Gasteiger partial charge on any atom is 0.244 e. The molecule has 15 heavy (non-hydrogen) atoms. The monoisotopic (exact) mass is 228 g/mol. The molecule has 1 aromatic rings. The molecule has 1 fully saturated rings. The number of nitrogens with two attached hydrogens (primary N) is 1. The summed E-state index contributed by atoms with van der Waals surface area (Å²) in [6.45, 7) is 1.86. The Labute approximate surface area is 88.0 Å². The van der Waals surface area contributed by atoms with E-state index in [0.29, 0.717) is 0 Å². The van der Waals surface area contributed by atoms with Crippen LogP contribution in [0.5, 0.6) is 0 Å². The first-order valence-corrected chi connectivity index (χ1v) is 6.01. The summed E-state index contributed by atoms with van der Waals surface area (Å²) in [6, 6.07) is 0. The minimum absolute atomic E-state index is 0.0461. The minimum Gasteiger partial charge on any atom is -0.368 e. The van der Waals surface area contributed by atoms with Crippen LogP contribution in [0.15, 0.2) is 17.3 Å². The largest absolute Gasteiger partial charge is 0.368 e. The van der Waals surface area contributed by atoms with E-state index in [4.69, 9.17) is 5.73 Å². The fraction of sp³-hybridized carbons (Fsp3) is 0.500. The average molecular weight is 228 g/mol. The van der Waals surface area contributed by atoms with E-state index in [1.807, 2.05) is 6.92 Å². The number of hydrogen-bond donors (Lipinski definition) is 2. The molecule has 1 saturated carbocycles. The Bertz CT molecular complexity index is 464. The van der Waals surface area contributed by atoms with Crippen LogP contribution >= 0.6 is 0 Å². The number of aromatic nitrogens is 2. The van der Waals surface area contributed by atoms with E-state index in [1.165, 1.54) is 12.4 Å². The predicted octanol–water partition coefficient (Wildman–Crippen LogP) is -0.110. The summed E-state index contributed by atoms with van der Waals surface area (Å²) < 4.78 is 26.1. The summed E-state index contributed by atoms with van der Waals surface area (Å²) in [4.78, 5) is 7.33. The minimum atomic E-state index is -3.50. The molecule has 0 atom stereocenters. The van der Waals surface area contributed by atoms with Crippen LogP contribution in [0, 0.1) is 0 Å². The van der Waals surface area contributed by atoms with Gasteiger partial charge in [-0.1, -0.05) is 0 Å². The van der Waals surface area contributed by atoms with E-state index >= 15 is 0 Å². The van der Waals surface area contributed by atoms with Crippen molar-refractivity contribution in [1.82, 2.24) is 14.7 Å². The number of nitrogen functional groups attached to an aromatic ring is 1. The Morgan fingerprint density at radius 3 is 2.40 bits per heavy atom. The predicted molar refractivity (Wildman–Crippen MR) is 54.4 cm³/mol. The summed E-state index contributed by atoms with van der Waals surface area (Å²) in [5.41, 5.74) is 4.98. The van der Waals surface area contributed by atoms with Gasteiger partial charge >= 0.3 is 0 Å². The van der Waals surface area contributed by atoms with E-state index in [-0.39, 0.29) is 16.4 Å². The van der Waals surface area contributed by atoms with Crippen LogP contribution < -0.4 is 10.5 Å². The smallest absolute Gasteiger partial charge is 0.244 e. The van der Waals surface area contributed by atoms with E-state index in [1.54, 1.807) is 0 Å². The Hall–Kier alpha value is -1.21. The van der Waals surface area contributed by atoms with Crippen LogP contribution in [0.3, 0.4) is 0 Å². The zero-order valence-electron chi connectivity index (χ0n) is 8.27. The van der Waals surface area contributed by atoms with Gasteiger partial charge in [-0.05, 0) is 19.8 Å². The van der Waals surface area contributed by atoms with Gasteiger partial charge in [0.05, 0.1) is 12.4 Å². The van der Waals surface area contributed by atoms with Crippen molar-refractivity contribution in [3.63, 3.8) is 0 Å². The van der Waals surface area contributed by atoms with Gasteiger partial charge in [0.25, 0.3) is 0 Å². The Morgan fingerprint density at radius 2 is 1.93 bits per heavy atom. The number of hydrogen-bond acceptors (Lipinski definition) is 5. The molecule has 0 radical (unpaired) electrons. The van der Waals surface area contributed by atoms with Gasteiger partial charge in [-0.25, -0.2) is 23.1 Å². The first kappa shape index (κ1) is 10.3. The molecular weight excluding hydrogens is 216 g/mol. The van der Waals surface area contributed by atoms with Gasteiger partial charge < -0.3 is 5.73 Å². The van der Waals surface area contributed by atoms with Crippen molar-refractivity contribution in [3.8, 4) is 0 Å². The maximum absolute atomic E-state index is 11.8.